The summed E-state index contributed by atoms with van der Waals surface area (Å²) in [6.45, 7) is 0. The van der Waals surface area contributed by atoms with Crippen LogP contribution in [-0.4, -0.2) is 17.2 Å². The van der Waals surface area contributed by atoms with E-state index >= 15 is 0 Å². The molecule has 2 aromatic heterocycles. The number of fused-ring (bicyclic) bond motifs is 1. The molecular formula is C22H20N3O2+. The molecule has 0 aliphatic carbocycles. The number of H-pyrrole nitrogens is 1. The molecule has 3 N–H and O–H groups in total. The number of methoxy groups -OCH3 is 1. The molecule has 4 rings (SSSR count). The minimum Gasteiger partial charge on any atom is -0.505 e. The van der Waals surface area contributed by atoms with Crippen molar-refractivity contribution < 1.29 is 14.8 Å². The van der Waals surface area contributed by atoms with E-state index < -0.39 is 0 Å². The second-order valence-electron chi connectivity index (χ2n) is 6.21. The van der Waals surface area contributed by atoms with Gasteiger partial charge in [0, 0.05) is 28.8 Å². The van der Waals surface area contributed by atoms with Gasteiger partial charge >= 0.3 is 0 Å². The van der Waals surface area contributed by atoms with Gasteiger partial charge in [-0.05, 0) is 30.3 Å². The molecule has 0 saturated heterocycles. The second-order valence-corrected chi connectivity index (χ2v) is 6.21. The van der Waals surface area contributed by atoms with Crippen LogP contribution in [0, 0.1) is 0 Å². The minimum absolute atomic E-state index is 0.171. The van der Waals surface area contributed by atoms with Gasteiger partial charge in [0.1, 0.15) is 23.1 Å². The van der Waals surface area contributed by atoms with Crippen molar-refractivity contribution in [3.05, 3.63) is 90.3 Å². The van der Waals surface area contributed by atoms with Crippen LogP contribution in [0.25, 0.3) is 10.9 Å². The fraction of sp³-hybridized carbons (Fsp3) is 0.0909. The molecule has 0 radical (unpaired) electrons. The third-order valence-electron chi connectivity index (χ3n) is 4.53. The summed E-state index contributed by atoms with van der Waals surface area (Å²) in [5.41, 5.74) is 2.30. The standard InChI is InChI=1S/C22H19N3O2/c1-27-17-8-4-6-16(14-17)20(25-19-9-2-3-12-23-19)18-11-10-15-7-5-13-24-21(15)22(18)26/h2-14,20,26H,1H3,(H,23,25)/p+1/t20-/m0/s1. The van der Waals surface area contributed by atoms with Crippen LogP contribution in [0.3, 0.4) is 0 Å². The molecule has 0 spiro atoms. The van der Waals surface area contributed by atoms with Crippen LogP contribution in [-0.2, 0) is 0 Å². The Morgan fingerprint density at radius 3 is 2.78 bits per heavy atom. The van der Waals surface area contributed by atoms with E-state index in [9.17, 15) is 5.11 Å². The van der Waals surface area contributed by atoms with Crippen molar-refractivity contribution in [2.75, 3.05) is 12.4 Å². The first-order chi connectivity index (χ1) is 13.3. The Labute approximate surface area is 157 Å². The summed E-state index contributed by atoms with van der Waals surface area (Å²) in [5, 5.41) is 15.3. The van der Waals surface area contributed by atoms with E-state index in [0.29, 0.717) is 5.52 Å². The number of ether oxygens (including phenoxy) is 1. The molecule has 0 saturated carbocycles. The van der Waals surface area contributed by atoms with Gasteiger partial charge in [0.15, 0.2) is 0 Å². The predicted molar refractivity (Wildman–Crippen MR) is 105 cm³/mol. The molecule has 0 bridgehead atoms. The zero-order chi connectivity index (χ0) is 18.6. The van der Waals surface area contributed by atoms with Crippen molar-refractivity contribution in [3.63, 3.8) is 0 Å². The highest BCUT2D eigenvalue weighted by molar-refractivity contribution is 5.86. The number of aromatic amines is 1. The average Bonchev–Trinajstić information content (AvgIpc) is 2.74. The monoisotopic (exact) mass is 358 g/mol. The molecule has 5 nitrogen and oxygen atoms in total. The number of aromatic nitrogens is 2. The molecule has 1 atom stereocenters. The zero-order valence-electron chi connectivity index (χ0n) is 14.9. The molecule has 0 amide bonds. The zero-order valence-corrected chi connectivity index (χ0v) is 14.9. The van der Waals surface area contributed by atoms with E-state index in [1.807, 2.05) is 72.9 Å². The number of phenolic OH excluding ortho intramolecular Hbond substituents is 1. The van der Waals surface area contributed by atoms with Crippen molar-refractivity contribution in [3.8, 4) is 11.5 Å². The van der Waals surface area contributed by atoms with Crippen LogP contribution < -0.4 is 15.0 Å². The lowest BCUT2D eigenvalue weighted by atomic mass is 9.96. The third-order valence-corrected chi connectivity index (χ3v) is 4.53. The van der Waals surface area contributed by atoms with E-state index in [4.69, 9.17) is 4.74 Å². The Morgan fingerprint density at radius 2 is 1.96 bits per heavy atom. The Kier molecular flexibility index (Phi) is 4.58. The highest BCUT2D eigenvalue weighted by Gasteiger charge is 2.24. The summed E-state index contributed by atoms with van der Waals surface area (Å²) >= 11 is 0. The maximum atomic E-state index is 10.9. The van der Waals surface area contributed by atoms with Gasteiger partial charge in [0.25, 0.3) is 5.82 Å². The van der Waals surface area contributed by atoms with E-state index in [-0.39, 0.29) is 11.8 Å². The Hall–Kier alpha value is -3.60. The van der Waals surface area contributed by atoms with Gasteiger partial charge in [-0.2, -0.15) is 0 Å². The summed E-state index contributed by atoms with van der Waals surface area (Å²) in [6.07, 6.45) is 3.54. The quantitative estimate of drug-likeness (QED) is 0.566. The van der Waals surface area contributed by atoms with Gasteiger partial charge in [-0.3, -0.25) is 10.3 Å². The Bertz CT molecular complexity index is 1070. The van der Waals surface area contributed by atoms with E-state index in [1.54, 1.807) is 13.3 Å². The number of rotatable bonds is 5. The predicted octanol–water partition coefficient (Wildman–Crippen LogP) is 3.96. The van der Waals surface area contributed by atoms with Gasteiger partial charge in [-0.15, -0.1) is 0 Å². The van der Waals surface area contributed by atoms with Gasteiger partial charge in [-0.25, -0.2) is 4.98 Å². The first-order valence-corrected chi connectivity index (χ1v) is 8.70. The first-order valence-electron chi connectivity index (χ1n) is 8.70. The number of anilines is 1. The molecule has 0 aliphatic heterocycles. The number of nitrogens with zero attached hydrogens (tertiary/aromatic N) is 1. The van der Waals surface area contributed by atoms with E-state index in [2.05, 4.69) is 15.3 Å². The number of phenols is 1. The van der Waals surface area contributed by atoms with Crippen LogP contribution in [0.4, 0.5) is 5.82 Å². The fourth-order valence-electron chi connectivity index (χ4n) is 3.18. The molecule has 2 heterocycles. The molecule has 5 heteroatoms. The normalized spacial score (nSPS) is 11.9. The Balaban J connectivity index is 1.86. The fourth-order valence-corrected chi connectivity index (χ4v) is 3.18. The molecule has 27 heavy (non-hydrogen) atoms. The average molecular weight is 358 g/mol. The number of benzene rings is 2. The van der Waals surface area contributed by atoms with Crippen LogP contribution in [0.5, 0.6) is 11.5 Å². The summed E-state index contributed by atoms with van der Waals surface area (Å²) in [6, 6.07) is 21.0. The molecule has 0 aliphatic rings. The molecule has 4 aromatic rings. The van der Waals surface area contributed by atoms with Crippen molar-refractivity contribution in [1.29, 1.82) is 0 Å². The SMILES string of the molecule is COc1cccc([C@H](Nc2cccc[nH+]2)c2ccc3cccnc3c2O)c1. The smallest absolute Gasteiger partial charge is 0.272 e. The topological polar surface area (TPSA) is 68.5 Å². The number of hydrogen-bond donors (Lipinski definition) is 2. The molecular weight excluding hydrogens is 338 g/mol. The highest BCUT2D eigenvalue weighted by atomic mass is 16.5. The summed E-state index contributed by atoms with van der Waals surface area (Å²) < 4.78 is 5.38. The number of hydrogen-bond acceptors (Lipinski definition) is 4. The van der Waals surface area contributed by atoms with Crippen LogP contribution >= 0.6 is 0 Å². The Morgan fingerprint density at radius 1 is 1.04 bits per heavy atom. The van der Waals surface area contributed by atoms with E-state index in [1.165, 1.54) is 0 Å². The minimum atomic E-state index is -0.287. The van der Waals surface area contributed by atoms with Crippen LogP contribution in [0.1, 0.15) is 17.2 Å². The molecule has 0 unspecified atom stereocenters. The molecule has 2 aromatic carbocycles. The lowest BCUT2D eigenvalue weighted by Gasteiger charge is -2.18. The number of aromatic hydroxyl groups is 1. The lowest BCUT2D eigenvalue weighted by molar-refractivity contribution is -0.361. The largest absolute Gasteiger partial charge is 0.505 e. The van der Waals surface area contributed by atoms with Gasteiger partial charge in [0.05, 0.1) is 13.3 Å². The van der Waals surface area contributed by atoms with Crippen LogP contribution in [0.2, 0.25) is 0 Å². The van der Waals surface area contributed by atoms with Crippen molar-refractivity contribution >= 4 is 16.7 Å². The maximum Gasteiger partial charge on any atom is 0.272 e. The van der Waals surface area contributed by atoms with Crippen LogP contribution in [0.15, 0.2) is 79.1 Å². The summed E-state index contributed by atoms with van der Waals surface area (Å²) in [7, 11) is 1.64. The second kappa shape index (κ2) is 7.33. The van der Waals surface area contributed by atoms with Crippen molar-refractivity contribution in [2.24, 2.45) is 0 Å². The summed E-state index contributed by atoms with van der Waals surface area (Å²) in [5.74, 6) is 1.77. The lowest BCUT2D eigenvalue weighted by Crippen LogP contribution is -2.19. The first kappa shape index (κ1) is 16.8. The van der Waals surface area contributed by atoms with Gasteiger partial charge < -0.3 is 9.84 Å². The van der Waals surface area contributed by atoms with Gasteiger partial charge in [-0.1, -0.05) is 30.3 Å². The third kappa shape index (κ3) is 3.40. The molecule has 134 valence electrons. The maximum absolute atomic E-state index is 10.9. The number of pyridine rings is 2. The van der Waals surface area contributed by atoms with E-state index in [0.717, 1.165) is 28.1 Å². The highest BCUT2D eigenvalue weighted by Crippen LogP contribution is 2.36. The summed E-state index contributed by atoms with van der Waals surface area (Å²) in [4.78, 5) is 7.53. The van der Waals surface area contributed by atoms with Crippen molar-refractivity contribution in [1.82, 2.24) is 4.98 Å². The van der Waals surface area contributed by atoms with Gasteiger partial charge in [0.2, 0.25) is 0 Å². The number of nitrogens with one attached hydrogen (secondary N) is 2. The molecule has 0 fully saturated rings. The van der Waals surface area contributed by atoms with Crippen molar-refractivity contribution in [2.45, 2.75) is 6.04 Å².